The van der Waals surface area contributed by atoms with Gasteiger partial charge in [-0.05, 0) is 12.8 Å². The van der Waals surface area contributed by atoms with Gasteiger partial charge in [-0.25, -0.2) is 4.98 Å². The number of rotatable bonds is 6. The summed E-state index contributed by atoms with van der Waals surface area (Å²) in [4.78, 5) is 25.7. The third-order valence-electron chi connectivity index (χ3n) is 4.84. The van der Waals surface area contributed by atoms with Crippen molar-refractivity contribution in [2.24, 2.45) is 0 Å². The highest BCUT2D eigenvalue weighted by Crippen LogP contribution is 2.37. The molecule has 0 radical (unpaired) electrons. The number of anilines is 1. The van der Waals surface area contributed by atoms with Gasteiger partial charge in [0.1, 0.15) is 45.1 Å². The standard InChI is InChI=1S/C18H15IN8O2S/c19-29-12-3-11(4-12)27-8-14(16(26-27)13-7-20-1-2-21-13)24-17(28)15-9-30-18(25-15)10-5-22-23-6-10/h1-2,5-9,11-12H,3-4H2,(H,22,23)(H,24,28)/t11-,12+. The van der Waals surface area contributed by atoms with Gasteiger partial charge in [-0.2, -0.15) is 10.2 Å². The van der Waals surface area contributed by atoms with E-state index in [9.17, 15) is 4.79 Å². The summed E-state index contributed by atoms with van der Waals surface area (Å²) >= 11 is 3.31. The second kappa shape index (κ2) is 8.20. The molecule has 0 saturated heterocycles. The summed E-state index contributed by atoms with van der Waals surface area (Å²) in [6.45, 7) is 0. The van der Waals surface area contributed by atoms with Crippen LogP contribution in [0.25, 0.3) is 22.0 Å². The zero-order valence-corrected chi connectivity index (χ0v) is 18.4. The highest BCUT2D eigenvalue weighted by Gasteiger charge is 2.33. The number of carbonyl (C=O) groups excluding carboxylic acids is 1. The number of amides is 1. The zero-order valence-electron chi connectivity index (χ0n) is 15.4. The molecule has 0 bridgehead atoms. The van der Waals surface area contributed by atoms with Gasteiger partial charge in [0.15, 0.2) is 0 Å². The van der Waals surface area contributed by atoms with Crippen LogP contribution in [0.4, 0.5) is 5.69 Å². The van der Waals surface area contributed by atoms with Crippen LogP contribution in [0.15, 0.2) is 42.6 Å². The van der Waals surface area contributed by atoms with Crippen LogP contribution in [-0.4, -0.2) is 46.9 Å². The number of aromatic nitrogens is 7. The van der Waals surface area contributed by atoms with Crippen LogP contribution < -0.4 is 5.32 Å². The highest BCUT2D eigenvalue weighted by molar-refractivity contribution is 14.1. The van der Waals surface area contributed by atoms with E-state index in [0.717, 1.165) is 23.4 Å². The molecule has 4 aromatic heterocycles. The Balaban J connectivity index is 1.41. The third-order valence-corrected chi connectivity index (χ3v) is 6.45. The van der Waals surface area contributed by atoms with Crippen LogP contribution in [0, 0.1) is 0 Å². The smallest absolute Gasteiger partial charge is 0.275 e. The molecule has 152 valence electrons. The molecule has 12 heteroatoms. The van der Waals surface area contributed by atoms with Crippen LogP contribution in [0.1, 0.15) is 29.4 Å². The molecule has 5 rings (SSSR count). The van der Waals surface area contributed by atoms with Crippen molar-refractivity contribution >= 4 is 45.9 Å². The van der Waals surface area contributed by atoms with Crippen molar-refractivity contribution in [2.45, 2.75) is 25.0 Å². The van der Waals surface area contributed by atoms with Crippen molar-refractivity contribution in [3.63, 3.8) is 0 Å². The second-order valence-corrected chi connectivity index (χ2v) is 8.14. The molecule has 1 saturated carbocycles. The van der Waals surface area contributed by atoms with Crippen LogP contribution in [-0.2, 0) is 3.07 Å². The monoisotopic (exact) mass is 534 g/mol. The molecule has 1 aliphatic rings. The van der Waals surface area contributed by atoms with Crippen LogP contribution in [0.2, 0.25) is 0 Å². The molecule has 0 atom stereocenters. The van der Waals surface area contributed by atoms with Crippen molar-refractivity contribution < 1.29 is 7.86 Å². The van der Waals surface area contributed by atoms with E-state index < -0.39 is 0 Å². The first-order valence-electron chi connectivity index (χ1n) is 9.10. The number of thiazole rings is 1. The van der Waals surface area contributed by atoms with E-state index in [-0.39, 0.29) is 18.1 Å². The first kappa shape index (κ1) is 19.3. The first-order chi connectivity index (χ1) is 14.7. The average Bonchev–Trinajstić information content (AvgIpc) is 3.48. The van der Waals surface area contributed by atoms with Crippen molar-refractivity contribution in [1.29, 1.82) is 0 Å². The summed E-state index contributed by atoms with van der Waals surface area (Å²) in [6.07, 6.45) is 12.0. The van der Waals surface area contributed by atoms with Crippen molar-refractivity contribution in [3.8, 4) is 22.0 Å². The summed E-state index contributed by atoms with van der Waals surface area (Å²) in [5.74, 6) is -0.312. The topological polar surface area (TPSA) is 124 Å². The van der Waals surface area contributed by atoms with Crippen molar-refractivity contribution in [2.75, 3.05) is 5.32 Å². The molecular formula is C18H15IN8O2S. The molecule has 2 N–H and O–H groups in total. The molecule has 4 heterocycles. The predicted octanol–water partition coefficient (Wildman–Crippen LogP) is 3.51. The molecule has 1 aliphatic carbocycles. The number of nitrogens with zero attached hydrogens (tertiary/aromatic N) is 6. The van der Waals surface area contributed by atoms with E-state index in [1.807, 2.05) is 33.9 Å². The Hall–Kier alpha value is -2.71. The lowest BCUT2D eigenvalue weighted by molar-refractivity contribution is 0.101. The van der Waals surface area contributed by atoms with Crippen LogP contribution in [0.3, 0.4) is 0 Å². The Morgan fingerprint density at radius 2 is 2.23 bits per heavy atom. The normalized spacial score (nSPS) is 18.2. The van der Waals surface area contributed by atoms with Gasteiger partial charge < -0.3 is 8.38 Å². The minimum atomic E-state index is -0.312. The van der Waals surface area contributed by atoms with E-state index in [1.54, 1.807) is 36.4 Å². The summed E-state index contributed by atoms with van der Waals surface area (Å²) in [5.41, 5.74) is 2.89. The van der Waals surface area contributed by atoms with E-state index in [2.05, 4.69) is 35.6 Å². The fraction of sp³-hybridized carbons (Fsp3) is 0.222. The molecular weight excluding hydrogens is 519 g/mol. The summed E-state index contributed by atoms with van der Waals surface area (Å²) in [5, 5.41) is 16.7. The van der Waals surface area contributed by atoms with E-state index in [1.165, 1.54) is 11.3 Å². The highest BCUT2D eigenvalue weighted by atomic mass is 127. The molecule has 0 aliphatic heterocycles. The number of halogens is 1. The second-order valence-electron chi connectivity index (χ2n) is 6.78. The lowest BCUT2D eigenvalue weighted by atomic mass is 9.90. The van der Waals surface area contributed by atoms with Crippen LogP contribution in [0.5, 0.6) is 0 Å². The Bertz CT molecular complexity index is 1150. The van der Waals surface area contributed by atoms with E-state index in [4.69, 9.17) is 3.07 Å². The Morgan fingerprint density at radius 1 is 1.33 bits per heavy atom. The van der Waals surface area contributed by atoms with Gasteiger partial charge in [0.2, 0.25) is 0 Å². The van der Waals surface area contributed by atoms with E-state index in [0.29, 0.717) is 22.8 Å². The maximum absolute atomic E-state index is 12.9. The third kappa shape index (κ3) is 3.73. The molecule has 0 unspecified atom stereocenters. The van der Waals surface area contributed by atoms with Gasteiger partial charge in [-0.15, -0.1) is 11.3 Å². The lowest BCUT2D eigenvalue weighted by Gasteiger charge is -2.33. The largest absolute Gasteiger partial charge is 0.317 e. The molecule has 30 heavy (non-hydrogen) atoms. The minimum absolute atomic E-state index is 0.220. The van der Waals surface area contributed by atoms with Gasteiger partial charge in [-0.1, -0.05) is 0 Å². The molecule has 1 fully saturated rings. The maximum Gasteiger partial charge on any atom is 0.275 e. The molecule has 0 spiro atoms. The summed E-state index contributed by atoms with van der Waals surface area (Å²) < 4.78 is 7.20. The van der Waals surface area contributed by atoms with Gasteiger partial charge in [0, 0.05) is 35.7 Å². The fourth-order valence-corrected chi connectivity index (χ4v) is 4.37. The fourth-order valence-electron chi connectivity index (χ4n) is 3.17. The van der Waals surface area contributed by atoms with Gasteiger partial charge in [0.05, 0.1) is 30.2 Å². The number of aromatic amines is 1. The number of nitrogens with one attached hydrogen (secondary N) is 2. The number of carbonyl (C=O) groups is 1. The Labute approximate surface area is 188 Å². The van der Waals surface area contributed by atoms with Crippen molar-refractivity contribution in [1.82, 2.24) is 34.9 Å². The Morgan fingerprint density at radius 3 is 2.97 bits per heavy atom. The van der Waals surface area contributed by atoms with Gasteiger partial charge in [-0.3, -0.25) is 24.5 Å². The number of hydrogen-bond acceptors (Lipinski definition) is 8. The summed E-state index contributed by atoms with van der Waals surface area (Å²) in [7, 11) is 0. The molecule has 1 amide bonds. The minimum Gasteiger partial charge on any atom is -0.317 e. The number of hydrogen-bond donors (Lipinski definition) is 2. The quantitative estimate of drug-likeness (QED) is 0.363. The summed E-state index contributed by atoms with van der Waals surface area (Å²) in [6, 6.07) is 0.220. The zero-order chi connectivity index (χ0) is 20.5. The molecule has 4 aromatic rings. The predicted molar refractivity (Wildman–Crippen MR) is 118 cm³/mol. The van der Waals surface area contributed by atoms with E-state index >= 15 is 0 Å². The molecule has 10 nitrogen and oxygen atoms in total. The SMILES string of the molecule is O=C(Nc1cn([C@H]2C[C@@H](OI)C2)nc1-c1cnccn1)c1csc(-c2cn[nH]c2)n1. The van der Waals surface area contributed by atoms with Gasteiger partial charge >= 0.3 is 0 Å². The number of H-pyrrole nitrogens is 1. The first-order valence-corrected chi connectivity index (χ1v) is 10.9. The average molecular weight is 534 g/mol. The van der Waals surface area contributed by atoms with Gasteiger partial charge in [0.25, 0.3) is 5.91 Å². The Kier molecular flexibility index (Phi) is 5.26. The van der Waals surface area contributed by atoms with Crippen molar-refractivity contribution in [3.05, 3.63) is 48.3 Å². The lowest BCUT2D eigenvalue weighted by Crippen LogP contribution is -2.31. The van der Waals surface area contributed by atoms with Crippen LogP contribution >= 0.6 is 34.3 Å². The molecule has 0 aromatic carbocycles. The maximum atomic E-state index is 12.9.